The first-order chi connectivity index (χ1) is 8.18. The number of thioether (sulfide) groups is 1. The van der Waals surface area contributed by atoms with Crippen LogP contribution in [0.25, 0.3) is 0 Å². The van der Waals surface area contributed by atoms with E-state index < -0.39 is 16.0 Å². The zero-order valence-corrected chi connectivity index (χ0v) is 12.7. The molecule has 1 rings (SSSR count). The SMILES string of the molecule is CSC(C)(C)CNS(=O)(=O)c1cc(C(=O)O)cs1. The molecule has 0 saturated heterocycles. The van der Waals surface area contributed by atoms with Crippen LogP contribution in [0.2, 0.25) is 0 Å². The number of hydrogen-bond acceptors (Lipinski definition) is 5. The Labute approximate surface area is 115 Å². The van der Waals surface area contributed by atoms with Crippen molar-refractivity contribution < 1.29 is 18.3 Å². The zero-order chi connectivity index (χ0) is 14.0. The predicted molar refractivity (Wildman–Crippen MR) is 74.1 cm³/mol. The van der Waals surface area contributed by atoms with Gasteiger partial charge in [0.2, 0.25) is 10.0 Å². The Morgan fingerprint density at radius 2 is 2.17 bits per heavy atom. The fourth-order valence-corrected chi connectivity index (χ4v) is 3.70. The minimum absolute atomic E-state index is 0.00972. The highest BCUT2D eigenvalue weighted by Gasteiger charge is 2.23. The monoisotopic (exact) mass is 309 g/mol. The molecule has 18 heavy (non-hydrogen) atoms. The molecular weight excluding hydrogens is 294 g/mol. The van der Waals surface area contributed by atoms with E-state index in [1.54, 1.807) is 11.8 Å². The van der Waals surface area contributed by atoms with Crippen LogP contribution in [-0.2, 0) is 10.0 Å². The number of sulfonamides is 1. The lowest BCUT2D eigenvalue weighted by Gasteiger charge is -2.21. The Morgan fingerprint density at radius 3 is 2.61 bits per heavy atom. The summed E-state index contributed by atoms with van der Waals surface area (Å²) in [6.07, 6.45) is 1.90. The van der Waals surface area contributed by atoms with Gasteiger partial charge in [-0.25, -0.2) is 17.9 Å². The maximum absolute atomic E-state index is 11.9. The van der Waals surface area contributed by atoms with E-state index in [1.165, 1.54) is 11.4 Å². The van der Waals surface area contributed by atoms with Crippen LogP contribution >= 0.6 is 23.1 Å². The van der Waals surface area contributed by atoms with Crippen LogP contribution in [0.4, 0.5) is 0 Å². The molecule has 0 aliphatic rings. The maximum atomic E-state index is 11.9. The molecule has 0 amide bonds. The number of carbonyl (C=O) groups is 1. The van der Waals surface area contributed by atoms with Gasteiger partial charge in [0.1, 0.15) is 4.21 Å². The zero-order valence-electron chi connectivity index (χ0n) is 10.3. The molecule has 0 aromatic carbocycles. The summed E-state index contributed by atoms with van der Waals surface area (Å²) in [6.45, 7) is 4.14. The number of aromatic carboxylic acids is 1. The van der Waals surface area contributed by atoms with Gasteiger partial charge >= 0.3 is 5.97 Å². The van der Waals surface area contributed by atoms with Crippen LogP contribution in [-0.4, -0.2) is 37.0 Å². The van der Waals surface area contributed by atoms with Crippen molar-refractivity contribution in [3.8, 4) is 0 Å². The van der Waals surface area contributed by atoms with E-state index in [0.717, 1.165) is 11.3 Å². The molecule has 102 valence electrons. The normalized spacial score (nSPS) is 12.6. The van der Waals surface area contributed by atoms with Gasteiger partial charge < -0.3 is 5.11 Å². The number of carboxylic acid groups (broad SMARTS) is 1. The van der Waals surface area contributed by atoms with Crippen LogP contribution in [0, 0.1) is 0 Å². The fourth-order valence-electron chi connectivity index (χ4n) is 0.982. The molecule has 0 atom stereocenters. The molecule has 2 N–H and O–H groups in total. The number of rotatable bonds is 6. The predicted octanol–water partition coefficient (Wildman–Crippen LogP) is 1.87. The Hall–Kier alpha value is -0.570. The minimum Gasteiger partial charge on any atom is -0.478 e. The maximum Gasteiger partial charge on any atom is 0.336 e. The van der Waals surface area contributed by atoms with Gasteiger partial charge in [-0.2, -0.15) is 11.8 Å². The summed E-state index contributed by atoms with van der Waals surface area (Å²) < 4.78 is 26.2. The van der Waals surface area contributed by atoms with Gasteiger partial charge in [0.05, 0.1) is 5.56 Å². The number of carboxylic acids is 1. The average molecular weight is 309 g/mol. The van der Waals surface area contributed by atoms with Gasteiger partial charge in [0.15, 0.2) is 0 Å². The Bertz CT molecular complexity index is 533. The van der Waals surface area contributed by atoms with Crippen molar-refractivity contribution >= 4 is 39.1 Å². The van der Waals surface area contributed by atoms with E-state index >= 15 is 0 Å². The average Bonchev–Trinajstić information content (AvgIpc) is 2.77. The summed E-state index contributed by atoms with van der Waals surface area (Å²) in [5.41, 5.74) is -0.00972. The highest BCUT2D eigenvalue weighted by atomic mass is 32.2. The molecule has 0 saturated carbocycles. The van der Waals surface area contributed by atoms with Crippen molar-refractivity contribution in [2.75, 3.05) is 12.8 Å². The molecule has 0 fully saturated rings. The van der Waals surface area contributed by atoms with Crippen LogP contribution < -0.4 is 4.72 Å². The van der Waals surface area contributed by atoms with E-state index in [2.05, 4.69) is 4.72 Å². The summed E-state index contributed by atoms with van der Waals surface area (Å²) in [5.74, 6) is -1.13. The smallest absolute Gasteiger partial charge is 0.336 e. The largest absolute Gasteiger partial charge is 0.478 e. The highest BCUT2D eigenvalue weighted by molar-refractivity contribution is 8.00. The summed E-state index contributed by atoms with van der Waals surface area (Å²) in [5, 5.41) is 10.1. The third kappa shape index (κ3) is 3.98. The van der Waals surface area contributed by atoms with E-state index in [-0.39, 0.29) is 21.1 Å². The van der Waals surface area contributed by atoms with Crippen LogP contribution in [0.1, 0.15) is 24.2 Å². The third-order valence-electron chi connectivity index (χ3n) is 2.33. The van der Waals surface area contributed by atoms with E-state index in [0.29, 0.717) is 0 Å². The number of nitrogens with one attached hydrogen (secondary N) is 1. The molecule has 1 aromatic heterocycles. The summed E-state index contributed by atoms with van der Waals surface area (Å²) >= 11 is 2.46. The molecule has 0 aliphatic heterocycles. The van der Waals surface area contributed by atoms with Gasteiger partial charge in [-0.05, 0) is 26.2 Å². The van der Waals surface area contributed by atoms with Crippen molar-refractivity contribution in [1.29, 1.82) is 0 Å². The lowest BCUT2D eigenvalue weighted by atomic mass is 10.2. The van der Waals surface area contributed by atoms with Gasteiger partial charge in [0.25, 0.3) is 0 Å². The number of hydrogen-bond donors (Lipinski definition) is 2. The van der Waals surface area contributed by atoms with Gasteiger partial charge in [0, 0.05) is 16.7 Å². The van der Waals surface area contributed by atoms with E-state index in [9.17, 15) is 13.2 Å². The van der Waals surface area contributed by atoms with E-state index in [4.69, 9.17) is 5.11 Å². The van der Waals surface area contributed by atoms with E-state index in [1.807, 2.05) is 20.1 Å². The van der Waals surface area contributed by atoms with Gasteiger partial charge in [-0.3, -0.25) is 0 Å². The molecule has 0 aliphatic carbocycles. The first kappa shape index (κ1) is 15.5. The first-order valence-electron chi connectivity index (χ1n) is 5.04. The molecule has 1 heterocycles. The molecule has 0 bridgehead atoms. The second-order valence-electron chi connectivity index (χ2n) is 4.25. The second-order valence-corrected chi connectivity index (χ2v) is 8.67. The molecule has 0 radical (unpaired) electrons. The van der Waals surface area contributed by atoms with Crippen molar-refractivity contribution in [3.63, 3.8) is 0 Å². The van der Waals surface area contributed by atoms with Gasteiger partial charge in [-0.1, -0.05) is 0 Å². The van der Waals surface area contributed by atoms with Crippen LogP contribution in [0.5, 0.6) is 0 Å². The summed E-state index contributed by atoms with van der Waals surface area (Å²) in [6, 6.07) is 1.17. The van der Waals surface area contributed by atoms with Crippen LogP contribution in [0.15, 0.2) is 15.7 Å². The minimum atomic E-state index is -3.62. The van der Waals surface area contributed by atoms with Gasteiger partial charge in [-0.15, -0.1) is 11.3 Å². The highest BCUT2D eigenvalue weighted by Crippen LogP contribution is 2.23. The van der Waals surface area contributed by atoms with Crippen molar-refractivity contribution in [2.24, 2.45) is 0 Å². The lowest BCUT2D eigenvalue weighted by molar-refractivity contribution is 0.0697. The fraction of sp³-hybridized carbons (Fsp3) is 0.500. The molecule has 0 unspecified atom stereocenters. The Morgan fingerprint density at radius 1 is 1.56 bits per heavy atom. The van der Waals surface area contributed by atoms with Crippen LogP contribution in [0.3, 0.4) is 0 Å². The quantitative estimate of drug-likeness (QED) is 0.838. The summed E-state index contributed by atoms with van der Waals surface area (Å²) in [4.78, 5) is 10.7. The number of thiophene rings is 1. The molecule has 5 nitrogen and oxygen atoms in total. The Kier molecular flexibility index (Phi) is 4.82. The molecular formula is C10H15NO4S3. The molecule has 1 aromatic rings. The van der Waals surface area contributed by atoms with Crippen molar-refractivity contribution in [1.82, 2.24) is 4.72 Å². The molecule has 0 spiro atoms. The van der Waals surface area contributed by atoms with Crippen molar-refractivity contribution in [3.05, 3.63) is 17.0 Å². The third-order valence-corrected chi connectivity index (χ3v) is 6.42. The van der Waals surface area contributed by atoms with Crippen molar-refractivity contribution in [2.45, 2.75) is 22.8 Å². The standard InChI is InChI=1S/C10H15NO4S3/c1-10(2,16-3)6-11-18(14,15)8-4-7(5-17-8)9(12)13/h4-5,11H,6H2,1-3H3,(H,12,13). The molecule has 8 heteroatoms. The lowest BCUT2D eigenvalue weighted by Crippen LogP contribution is -2.35. The summed E-state index contributed by atoms with van der Waals surface area (Å²) in [7, 11) is -3.62. The topological polar surface area (TPSA) is 83.5 Å². The second kappa shape index (κ2) is 5.60. The first-order valence-corrected chi connectivity index (χ1v) is 8.63. The Balaban J connectivity index is 2.83.